The molecule has 0 saturated carbocycles. The van der Waals surface area contributed by atoms with Crippen LogP contribution >= 0.6 is 11.3 Å². The molecule has 1 aromatic heterocycles. The summed E-state index contributed by atoms with van der Waals surface area (Å²) in [6.45, 7) is 8.50. The van der Waals surface area contributed by atoms with E-state index in [1.165, 1.54) is 11.3 Å². The Labute approximate surface area is 135 Å². The molecule has 0 spiro atoms. The molecule has 6 nitrogen and oxygen atoms in total. The van der Waals surface area contributed by atoms with Crippen molar-refractivity contribution >= 4 is 23.3 Å². The highest BCUT2D eigenvalue weighted by atomic mass is 32.1. The van der Waals surface area contributed by atoms with Gasteiger partial charge >= 0.3 is 6.03 Å². The lowest BCUT2D eigenvalue weighted by Crippen LogP contribution is -2.50. The van der Waals surface area contributed by atoms with Gasteiger partial charge in [-0.2, -0.15) is 0 Å². The van der Waals surface area contributed by atoms with Crippen LogP contribution in [0.2, 0.25) is 0 Å². The summed E-state index contributed by atoms with van der Waals surface area (Å²) >= 11 is 1.49. The summed E-state index contributed by atoms with van der Waals surface area (Å²) in [6, 6.07) is 3.80. The van der Waals surface area contributed by atoms with E-state index in [0.29, 0.717) is 6.54 Å². The topological polar surface area (TPSA) is 64.7 Å². The molecule has 0 bridgehead atoms. The van der Waals surface area contributed by atoms with Crippen LogP contribution < -0.4 is 10.6 Å². The second kappa shape index (κ2) is 8.14. The number of urea groups is 1. The highest BCUT2D eigenvalue weighted by molar-refractivity contribution is 7.12. The molecule has 22 heavy (non-hydrogen) atoms. The van der Waals surface area contributed by atoms with Crippen molar-refractivity contribution in [3.63, 3.8) is 0 Å². The minimum Gasteiger partial charge on any atom is -0.337 e. The van der Waals surface area contributed by atoms with Gasteiger partial charge in [0.1, 0.15) is 0 Å². The van der Waals surface area contributed by atoms with Crippen molar-refractivity contribution in [1.82, 2.24) is 20.4 Å². The molecule has 1 aliphatic heterocycles. The molecular formula is C15H24N4O2S. The first-order valence-corrected chi connectivity index (χ1v) is 8.53. The number of hydrogen-bond donors (Lipinski definition) is 2. The Hall–Kier alpha value is -1.60. The maximum absolute atomic E-state index is 12.2. The van der Waals surface area contributed by atoms with Crippen molar-refractivity contribution in [3.05, 3.63) is 22.4 Å². The van der Waals surface area contributed by atoms with Crippen LogP contribution in [0.1, 0.15) is 23.5 Å². The quantitative estimate of drug-likeness (QED) is 0.856. The summed E-state index contributed by atoms with van der Waals surface area (Å²) < 4.78 is 0. The molecule has 2 rings (SSSR count). The molecule has 1 fully saturated rings. The third-order valence-electron chi connectivity index (χ3n) is 3.52. The van der Waals surface area contributed by atoms with Gasteiger partial charge in [-0.15, -0.1) is 11.3 Å². The maximum Gasteiger partial charge on any atom is 0.315 e. The van der Waals surface area contributed by atoms with E-state index in [1.807, 2.05) is 36.3 Å². The van der Waals surface area contributed by atoms with Crippen molar-refractivity contribution in [2.45, 2.75) is 19.9 Å². The highest BCUT2D eigenvalue weighted by Crippen LogP contribution is 2.13. The fourth-order valence-electron chi connectivity index (χ4n) is 2.37. The summed E-state index contributed by atoms with van der Waals surface area (Å²) in [6.07, 6.45) is 0. The summed E-state index contributed by atoms with van der Waals surface area (Å²) in [5, 5.41) is 7.57. The average molecular weight is 324 g/mol. The van der Waals surface area contributed by atoms with Crippen LogP contribution in [0.3, 0.4) is 0 Å². The van der Waals surface area contributed by atoms with Gasteiger partial charge in [0.2, 0.25) is 0 Å². The predicted octanol–water partition coefficient (Wildman–Crippen LogP) is 1.21. The number of nitrogens with one attached hydrogen (secondary N) is 2. The number of piperazine rings is 1. The first-order chi connectivity index (χ1) is 10.6. The average Bonchev–Trinajstić information content (AvgIpc) is 3.00. The van der Waals surface area contributed by atoms with Gasteiger partial charge in [-0.3, -0.25) is 9.69 Å². The van der Waals surface area contributed by atoms with Gasteiger partial charge in [-0.1, -0.05) is 6.07 Å². The Bertz CT molecular complexity index is 482. The van der Waals surface area contributed by atoms with E-state index in [1.54, 1.807) is 0 Å². The van der Waals surface area contributed by atoms with Crippen LogP contribution in [0, 0.1) is 0 Å². The lowest BCUT2D eigenvalue weighted by Gasteiger charge is -2.34. The fourth-order valence-corrected chi connectivity index (χ4v) is 3.06. The zero-order chi connectivity index (χ0) is 15.9. The fraction of sp³-hybridized carbons (Fsp3) is 0.600. The number of nitrogens with zero attached hydrogens (tertiary/aromatic N) is 2. The van der Waals surface area contributed by atoms with Gasteiger partial charge in [0.25, 0.3) is 5.91 Å². The Morgan fingerprint density at radius 1 is 1.27 bits per heavy atom. The van der Waals surface area contributed by atoms with Gasteiger partial charge in [0, 0.05) is 45.3 Å². The van der Waals surface area contributed by atoms with Crippen molar-refractivity contribution in [2.24, 2.45) is 0 Å². The van der Waals surface area contributed by atoms with Gasteiger partial charge in [0.15, 0.2) is 0 Å². The Balaban J connectivity index is 1.65. The lowest BCUT2D eigenvalue weighted by atomic mass is 10.3. The molecule has 2 heterocycles. The van der Waals surface area contributed by atoms with Crippen LogP contribution in [0.25, 0.3) is 0 Å². The third kappa shape index (κ3) is 4.99. The second-order valence-electron chi connectivity index (χ2n) is 5.67. The minimum absolute atomic E-state index is 0.124. The summed E-state index contributed by atoms with van der Waals surface area (Å²) in [5.41, 5.74) is 0. The zero-order valence-corrected chi connectivity index (χ0v) is 14.0. The number of carbonyl (C=O) groups is 2. The van der Waals surface area contributed by atoms with Crippen LogP contribution in [-0.4, -0.2) is 67.0 Å². The smallest absolute Gasteiger partial charge is 0.315 e. The molecular weight excluding hydrogens is 300 g/mol. The van der Waals surface area contributed by atoms with Crippen molar-refractivity contribution in [3.8, 4) is 0 Å². The normalized spacial score (nSPS) is 15.9. The highest BCUT2D eigenvalue weighted by Gasteiger charge is 2.22. The van der Waals surface area contributed by atoms with Crippen molar-refractivity contribution < 1.29 is 9.59 Å². The van der Waals surface area contributed by atoms with Gasteiger partial charge < -0.3 is 15.5 Å². The molecule has 1 saturated heterocycles. The molecule has 0 aromatic carbocycles. The number of amides is 3. The van der Waals surface area contributed by atoms with Crippen molar-refractivity contribution in [1.29, 1.82) is 0 Å². The minimum atomic E-state index is -0.124. The first-order valence-electron chi connectivity index (χ1n) is 7.66. The van der Waals surface area contributed by atoms with Crippen molar-refractivity contribution in [2.75, 3.05) is 39.3 Å². The standard InChI is InChI=1S/C15H24N4O2S/c1-12(2)17-15(21)16-5-6-18-7-9-19(10-8-18)14(20)13-4-3-11-22-13/h3-4,11-12H,5-10H2,1-2H3,(H2,16,17,21). The first kappa shape index (κ1) is 16.8. The number of carbonyl (C=O) groups excluding carboxylic acids is 2. The summed E-state index contributed by atoms with van der Waals surface area (Å²) in [5.74, 6) is 0.129. The molecule has 3 amide bonds. The van der Waals surface area contributed by atoms with Crippen LogP contribution in [0.5, 0.6) is 0 Å². The van der Waals surface area contributed by atoms with E-state index < -0.39 is 0 Å². The zero-order valence-electron chi connectivity index (χ0n) is 13.2. The second-order valence-corrected chi connectivity index (χ2v) is 6.61. The molecule has 1 aromatic rings. The Morgan fingerprint density at radius 3 is 2.59 bits per heavy atom. The van der Waals surface area contributed by atoms with E-state index in [-0.39, 0.29) is 18.0 Å². The van der Waals surface area contributed by atoms with Crippen LogP contribution in [0.4, 0.5) is 4.79 Å². The maximum atomic E-state index is 12.2. The number of rotatable bonds is 5. The van der Waals surface area contributed by atoms with E-state index in [4.69, 9.17) is 0 Å². The lowest BCUT2D eigenvalue weighted by molar-refractivity contribution is 0.0644. The largest absolute Gasteiger partial charge is 0.337 e. The molecule has 0 unspecified atom stereocenters. The molecule has 0 atom stereocenters. The molecule has 122 valence electrons. The van der Waals surface area contributed by atoms with E-state index in [9.17, 15) is 9.59 Å². The van der Waals surface area contributed by atoms with Gasteiger partial charge in [-0.25, -0.2) is 4.79 Å². The molecule has 7 heteroatoms. The number of thiophene rings is 1. The molecule has 0 aliphatic carbocycles. The summed E-state index contributed by atoms with van der Waals surface area (Å²) in [4.78, 5) is 28.7. The Kier molecular flexibility index (Phi) is 6.21. The van der Waals surface area contributed by atoms with Gasteiger partial charge in [-0.05, 0) is 25.3 Å². The SMILES string of the molecule is CC(C)NC(=O)NCCN1CCN(C(=O)c2cccs2)CC1. The van der Waals surface area contributed by atoms with Crippen LogP contribution in [-0.2, 0) is 0 Å². The third-order valence-corrected chi connectivity index (χ3v) is 4.38. The monoisotopic (exact) mass is 324 g/mol. The molecule has 2 N–H and O–H groups in total. The molecule has 0 radical (unpaired) electrons. The van der Waals surface area contributed by atoms with E-state index in [0.717, 1.165) is 37.6 Å². The Morgan fingerprint density at radius 2 is 2.00 bits per heavy atom. The molecule has 1 aliphatic rings. The van der Waals surface area contributed by atoms with E-state index in [2.05, 4.69) is 15.5 Å². The van der Waals surface area contributed by atoms with Gasteiger partial charge in [0.05, 0.1) is 4.88 Å². The summed E-state index contributed by atoms with van der Waals surface area (Å²) in [7, 11) is 0. The number of hydrogen-bond acceptors (Lipinski definition) is 4. The van der Waals surface area contributed by atoms with E-state index >= 15 is 0 Å². The van der Waals surface area contributed by atoms with Crippen LogP contribution in [0.15, 0.2) is 17.5 Å². The predicted molar refractivity (Wildman–Crippen MR) is 88.3 cm³/mol.